The summed E-state index contributed by atoms with van der Waals surface area (Å²) in [6.45, 7) is 0.786. The minimum atomic E-state index is -0.207. The predicted octanol–water partition coefficient (Wildman–Crippen LogP) is 4.75. The van der Waals surface area contributed by atoms with Gasteiger partial charge >= 0.3 is 0 Å². The third-order valence-electron chi connectivity index (χ3n) is 6.06. The van der Waals surface area contributed by atoms with Crippen LogP contribution in [0.25, 0.3) is 11.1 Å². The van der Waals surface area contributed by atoms with Crippen molar-refractivity contribution in [3.8, 4) is 11.1 Å². The number of aliphatic hydroxyl groups is 1. The predicted molar refractivity (Wildman–Crippen MR) is 111 cm³/mol. The topological polar surface area (TPSA) is 53.4 Å². The highest BCUT2D eigenvalue weighted by atomic mass is 35.5. The van der Waals surface area contributed by atoms with Crippen molar-refractivity contribution in [3.63, 3.8) is 0 Å². The van der Waals surface area contributed by atoms with E-state index in [1.165, 1.54) is 0 Å². The number of amides is 1. The van der Waals surface area contributed by atoms with Gasteiger partial charge in [0.05, 0.1) is 6.10 Å². The van der Waals surface area contributed by atoms with Crippen LogP contribution >= 0.6 is 23.2 Å². The van der Waals surface area contributed by atoms with Crippen LogP contribution in [0, 0.1) is 5.92 Å². The number of likely N-dealkylation sites (tertiary alicyclic amines) is 1. The van der Waals surface area contributed by atoms with Gasteiger partial charge in [-0.1, -0.05) is 23.2 Å². The third kappa shape index (κ3) is 4.05. The number of carbonyl (C=O) groups excluding carboxylic acids is 1. The number of carbonyl (C=O) groups is 1. The Morgan fingerprint density at radius 1 is 1.00 bits per heavy atom. The van der Waals surface area contributed by atoms with Crippen LogP contribution in [0.1, 0.15) is 37.7 Å². The summed E-state index contributed by atoms with van der Waals surface area (Å²) in [7, 11) is 0. The maximum atomic E-state index is 13.0. The zero-order valence-corrected chi connectivity index (χ0v) is 17.2. The molecule has 4 nitrogen and oxygen atoms in total. The van der Waals surface area contributed by atoms with E-state index in [4.69, 9.17) is 23.2 Å². The third-order valence-corrected chi connectivity index (χ3v) is 6.74. The number of pyridine rings is 1. The van der Waals surface area contributed by atoms with Gasteiger partial charge in [-0.25, -0.2) is 0 Å². The van der Waals surface area contributed by atoms with E-state index in [9.17, 15) is 9.90 Å². The monoisotopic (exact) mass is 418 g/mol. The summed E-state index contributed by atoms with van der Waals surface area (Å²) < 4.78 is 0. The first-order valence-electron chi connectivity index (χ1n) is 9.90. The van der Waals surface area contributed by atoms with E-state index in [2.05, 4.69) is 4.98 Å². The van der Waals surface area contributed by atoms with E-state index in [1.807, 2.05) is 29.2 Å². The fraction of sp³-hybridized carbons (Fsp3) is 0.455. The second kappa shape index (κ2) is 8.40. The molecule has 6 heteroatoms. The van der Waals surface area contributed by atoms with Crippen LogP contribution in [-0.2, 0) is 11.2 Å². The summed E-state index contributed by atoms with van der Waals surface area (Å²) in [5, 5.41) is 10.9. The van der Waals surface area contributed by atoms with Crippen molar-refractivity contribution >= 4 is 29.1 Å². The van der Waals surface area contributed by atoms with E-state index in [0.717, 1.165) is 55.3 Å². The molecule has 1 aliphatic carbocycles. The zero-order chi connectivity index (χ0) is 19.7. The van der Waals surface area contributed by atoms with E-state index in [0.29, 0.717) is 16.5 Å². The molecule has 1 aliphatic heterocycles. The summed E-state index contributed by atoms with van der Waals surface area (Å²) in [4.78, 5) is 19.0. The number of rotatable bonds is 4. The van der Waals surface area contributed by atoms with Crippen molar-refractivity contribution in [2.24, 2.45) is 5.92 Å². The standard InChI is InChI=1S/C22H24Cl2N2O2/c23-20-12-16(14-5-8-25-9-6-14)13-21(24)19(20)11-15-7-10-26(22(15)28)17-1-3-18(27)4-2-17/h5-6,8-9,12-13,15,17-18,27H,1-4,7,10-11H2. The first-order valence-corrected chi connectivity index (χ1v) is 10.7. The van der Waals surface area contributed by atoms with Gasteiger partial charge in [-0.2, -0.15) is 0 Å². The number of aliphatic hydroxyl groups excluding tert-OH is 1. The van der Waals surface area contributed by atoms with Crippen molar-refractivity contribution < 1.29 is 9.90 Å². The molecule has 2 aromatic rings. The van der Waals surface area contributed by atoms with Crippen LogP contribution in [0.2, 0.25) is 10.0 Å². The van der Waals surface area contributed by atoms with E-state index < -0.39 is 0 Å². The van der Waals surface area contributed by atoms with Crippen molar-refractivity contribution in [1.82, 2.24) is 9.88 Å². The molecule has 4 rings (SSSR count). The maximum Gasteiger partial charge on any atom is 0.226 e. The molecule has 1 aromatic heterocycles. The molecule has 1 saturated carbocycles. The number of nitrogens with zero attached hydrogens (tertiary/aromatic N) is 2. The Balaban J connectivity index is 1.48. The summed E-state index contributed by atoms with van der Waals surface area (Å²) in [5.41, 5.74) is 2.80. The van der Waals surface area contributed by atoms with Crippen LogP contribution in [0.4, 0.5) is 0 Å². The second-order valence-electron chi connectivity index (χ2n) is 7.84. The van der Waals surface area contributed by atoms with Crippen LogP contribution in [-0.4, -0.2) is 39.6 Å². The smallest absolute Gasteiger partial charge is 0.226 e. The maximum absolute atomic E-state index is 13.0. The Labute approximate surface area is 175 Å². The first-order chi connectivity index (χ1) is 13.5. The Morgan fingerprint density at radius 2 is 1.64 bits per heavy atom. The number of halogens is 2. The highest BCUT2D eigenvalue weighted by Gasteiger charge is 2.37. The summed E-state index contributed by atoms with van der Waals surface area (Å²) in [6, 6.07) is 7.93. The van der Waals surface area contributed by atoms with E-state index in [-0.39, 0.29) is 24.0 Å². The molecular weight excluding hydrogens is 395 g/mol. The molecule has 0 bridgehead atoms. The quantitative estimate of drug-likeness (QED) is 0.778. The lowest BCUT2D eigenvalue weighted by Gasteiger charge is -2.33. The molecule has 1 amide bonds. The first kappa shape index (κ1) is 19.7. The highest BCUT2D eigenvalue weighted by Crippen LogP contribution is 2.36. The van der Waals surface area contributed by atoms with Crippen molar-refractivity contribution in [2.75, 3.05) is 6.54 Å². The summed E-state index contributed by atoms with van der Waals surface area (Å²) in [6.07, 6.45) is 8.02. The minimum absolute atomic E-state index is 0.0753. The number of aromatic nitrogens is 1. The molecule has 1 atom stereocenters. The molecule has 1 unspecified atom stereocenters. The average molecular weight is 419 g/mol. The Bertz CT molecular complexity index is 828. The Hall–Kier alpha value is -1.62. The lowest BCUT2D eigenvalue weighted by Crippen LogP contribution is -2.41. The lowest BCUT2D eigenvalue weighted by molar-refractivity contribution is -0.133. The second-order valence-corrected chi connectivity index (χ2v) is 8.65. The molecule has 2 aliphatic rings. The normalized spacial score (nSPS) is 25.3. The SMILES string of the molecule is O=C1C(Cc2c(Cl)cc(-c3ccncc3)cc2Cl)CCN1C1CCC(O)CC1. The van der Waals surface area contributed by atoms with Gasteiger partial charge in [-0.05, 0) is 79.5 Å². The van der Waals surface area contributed by atoms with Gasteiger partial charge in [0.15, 0.2) is 0 Å². The largest absolute Gasteiger partial charge is 0.393 e. The molecule has 0 spiro atoms. The summed E-state index contributed by atoms with van der Waals surface area (Å²) >= 11 is 13.1. The molecule has 1 aromatic carbocycles. The van der Waals surface area contributed by atoms with Gasteiger partial charge in [0.2, 0.25) is 5.91 Å². The molecule has 1 N–H and O–H groups in total. The van der Waals surface area contributed by atoms with Crippen molar-refractivity contribution in [3.05, 3.63) is 52.3 Å². The fourth-order valence-corrected chi connectivity index (χ4v) is 5.08. The molecular formula is C22H24Cl2N2O2. The molecule has 28 heavy (non-hydrogen) atoms. The molecule has 2 heterocycles. The Morgan fingerprint density at radius 3 is 2.29 bits per heavy atom. The minimum Gasteiger partial charge on any atom is -0.393 e. The van der Waals surface area contributed by atoms with E-state index in [1.54, 1.807) is 12.4 Å². The van der Waals surface area contributed by atoms with Gasteiger partial charge in [0, 0.05) is 40.9 Å². The van der Waals surface area contributed by atoms with Crippen LogP contribution in [0.3, 0.4) is 0 Å². The summed E-state index contributed by atoms with van der Waals surface area (Å²) in [5.74, 6) is 0.125. The average Bonchev–Trinajstić information content (AvgIpc) is 3.06. The lowest BCUT2D eigenvalue weighted by atomic mass is 9.92. The number of hydrogen-bond acceptors (Lipinski definition) is 3. The van der Waals surface area contributed by atoms with Gasteiger partial charge in [0.1, 0.15) is 0 Å². The van der Waals surface area contributed by atoms with Gasteiger partial charge in [-0.3, -0.25) is 9.78 Å². The van der Waals surface area contributed by atoms with Gasteiger partial charge in [-0.15, -0.1) is 0 Å². The van der Waals surface area contributed by atoms with Crippen molar-refractivity contribution in [2.45, 2.75) is 50.7 Å². The van der Waals surface area contributed by atoms with Crippen LogP contribution < -0.4 is 0 Å². The molecule has 0 radical (unpaired) electrons. The number of benzene rings is 1. The molecule has 2 fully saturated rings. The van der Waals surface area contributed by atoms with Gasteiger partial charge in [0.25, 0.3) is 0 Å². The van der Waals surface area contributed by atoms with Crippen LogP contribution in [0.5, 0.6) is 0 Å². The molecule has 148 valence electrons. The molecule has 1 saturated heterocycles. The van der Waals surface area contributed by atoms with E-state index >= 15 is 0 Å². The van der Waals surface area contributed by atoms with Gasteiger partial charge < -0.3 is 10.0 Å². The fourth-order valence-electron chi connectivity index (χ4n) is 4.44. The van der Waals surface area contributed by atoms with Crippen LogP contribution in [0.15, 0.2) is 36.7 Å². The highest BCUT2D eigenvalue weighted by molar-refractivity contribution is 6.36. The van der Waals surface area contributed by atoms with Crippen molar-refractivity contribution in [1.29, 1.82) is 0 Å². The number of hydrogen-bond donors (Lipinski definition) is 1. The zero-order valence-electron chi connectivity index (χ0n) is 15.7. The Kier molecular flexibility index (Phi) is 5.91.